The van der Waals surface area contributed by atoms with Crippen molar-refractivity contribution >= 4 is 60.7 Å². The minimum atomic E-state index is -0.250. The fourth-order valence-electron chi connectivity index (χ4n) is 3.57. The van der Waals surface area contributed by atoms with Gasteiger partial charge < -0.3 is 10.2 Å². The molecule has 4 nitrogen and oxygen atoms in total. The first kappa shape index (κ1) is 24.8. The van der Waals surface area contributed by atoms with Gasteiger partial charge in [0.1, 0.15) is 11.6 Å². The number of fused-ring (bicyclic) bond motifs is 1. The van der Waals surface area contributed by atoms with Crippen LogP contribution in [0.1, 0.15) is 45.0 Å². The molecule has 0 spiro atoms. The lowest BCUT2D eigenvalue weighted by atomic mass is 10.1. The second-order valence-electron chi connectivity index (χ2n) is 7.81. The molecule has 0 aliphatic carbocycles. The summed E-state index contributed by atoms with van der Waals surface area (Å²) < 4.78 is 15.0. The van der Waals surface area contributed by atoms with Gasteiger partial charge in [0.15, 0.2) is 5.82 Å². The number of benzene rings is 2. The maximum Gasteiger partial charge on any atom is 0.155 e. The molecular weight excluding hydrogens is 535 g/mol. The van der Waals surface area contributed by atoms with E-state index in [0.717, 1.165) is 63.7 Å². The van der Waals surface area contributed by atoms with Crippen molar-refractivity contribution in [1.29, 1.82) is 0 Å². The molecule has 1 heterocycles. The largest absolute Gasteiger partial charge is 0.367 e. The topological polar surface area (TPSA) is 41.0 Å². The van der Waals surface area contributed by atoms with Crippen LogP contribution in [0.4, 0.5) is 10.2 Å². The van der Waals surface area contributed by atoms with E-state index in [0.29, 0.717) is 5.82 Å². The maximum atomic E-state index is 13.2. The number of rotatable bonds is 10. The molecular formula is C25H29Br2FN4. The van der Waals surface area contributed by atoms with E-state index in [1.165, 1.54) is 12.1 Å². The van der Waals surface area contributed by atoms with Gasteiger partial charge in [-0.1, -0.05) is 48.0 Å². The van der Waals surface area contributed by atoms with Crippen LogP contribution in [-0.4, -0.2) is 40.5 Å². The van der Waals surface area contributed by atoms with Crippen LogP contribution >= 0.6 is 31.9 Å². The SMILES string of the molecule is CCN(CC)CCCC(C)Nc1nc(/C=C/c2ccc(F)cc2)nc2c(Br)cc(Br)cc12. The molecule has 0 fully saturated rings. The lowest BCUT2D eigenvalue weighted by Gasteiger charge is -2.20. The zero-order valence-electron chi connectivity index (χ0n) is 18.7. The standard InChI is InChI=1S/C25H29Br2FN4/c1-4-32(5-2)14-6-7-17(3)29-25-21-15-19(26)16-22(27)24(21)30-23(31-25)13-10-18-8-11-20(28)12-9-18/h8-13,15-17H,4-7,14H2,1-3H3,(H,29,30,31)/b13-10+. The summed E-state index contributed by atoms with van der Waals surface area (Å²) in [6.45, 7) is 9.87. The van der Waals surface area contributed by atoms with Crippen LogP contribution in [-0.2, 0) is 0 Å². The number of hydrogen-bond donors (Lipinski definition) is 1. The van der Waals surface area contributed by atoms with E-state index in [-0.39, 0.29) is 11.9 Å². The Balaban J connectivity index is 1.85. The zero-order valence-corrected chi connectivity index (χ0v) is 21.9. The third-order valence-electron chi connectivity index (χ3n) is 5.42. The molecule has 170 valence electrons. The van der Waals surface area contributed by atoms with Crippen LogP contribution < -0.4 is 5.32 Å². The average molecular weight is 564 g/mol. The van der Waals surface area contributed by atoms with E-state index < -0.39 is 0 Å². The third-order valence-corrected chi connectivity index (χ3v) is 6.48. The van der Waals surface area contributed by atoms with Gasteiger partial charge in [-0.05, 0) is 91.2 Å². The summed E-state index contributed by atoms with van der Waals surface area (Å²) in [4.78, 5) is 12.0. The van der Waals surface area contributed by atoms with Gasteiger partial charge in [-0.2, -0.15) is 0 Å². The first-order chi connectivity index (χ1) is 15.4. The Bertz CT molecular complexity index is 1070. The molecule has 1 atom stereocenters. The Hall–Kier alpha value is -1.83. The first-order valence-corrected chi connectivity index (χ1v) is 12.6. The quantitative estimate of drug-likeness (QED) is 0.279. The predicted molar refractivity (Wildman–Crippen MR) is 140 cm³/mol. The van der Waals surface area contributed by atoms with Gasteiger partial charge in [-0.25, -0.2) is 14.4 Å². The summed E-state index contributed by atoms with van der Waals surface area (Å²) in [6, 6.07) is 10.7. The highest BCUT2D eigenvalue weighted by Crippen LogP contribution is 2.31. The predicted octanol–water partition coefficient (Wildman–Crippen LogP) is 7.39. The summed E-state index contributed by atoms with van der Waals surface area (Å²) in [7, 11) is 0. The van der Waals surface area contributed by atoms with E-state index in [1.807, 2.05) is 24.3 Å². The average Bonchev–Trinajstić information content (AvgIpc) is 2.77. The van der Waals surface area contributed by atoms with Gasteiger partial charge in [0, 0.05) is 20.4 Å². The van der Waals surface area contributed by atoms with Crippen LogP contribution in [0.2, 0.25) is 0 Å². The molecule has 0 amide bonds. The molecule has 1 aromatic heterocycles. The molecule has 0 saturated carbocycles. The highest BCUT2D eigenvalue weighted by molar-refractivity contribution is 9.11. The van der Waals surface area contributed by atoms with Crippen molar-refractivity contribution in [2.45, 2.75) is 39.7 Å². The molecule has 3 rings (SSSR count). The fourth-order valence-corrected chi connectivity index (χ4v) is 4.88. The molecule has 2 aromatic carbocycles. The Morgan fingerprint density at radius 1 is 1.06 bits per heavy atom. The van der Waals surface area contributed by atoms with E-state index in [2.05, 4.69) is 62.8 Å². The molecule has 0 saturated heterocycles. The molecule has 0 bridgehead atoms. The van der Waals surface area contributed by atoms with Crippen molar-refractivity contribution in [1.82, 2.24) is 14.9 Å². The second-order valence-corrected chi connectivity index (χ2v) is 9.58. The van der Waals surface area contributed by atoms with Crippen LogP contribution in [0.15, 0.2) is 45.3 Å². The van der Waals surface area contributed by atoms with Crippen molar-refractivity contribution < 1.29 is 4.39 Å². The fraction of sp³-hybridized carbons (Fsp3) is 0.360. The smallest absolute Gasteiger partial charge is 0.155 e. The van der Waals surface area contributed by atoms with Crippen LogP contribution in [0.3, 0.4) is 0 Å². The van der Waals surface area contributed by atoms with Gasteiger partial charge in [0.25, 0.3) is 0 Å². The molecule has 0 aliphatic rings. The summed E-state index contributed by atoms with van der Waals surface area (Å²) in [5.41, 5.74) is 1.74. The van der Waals surface area contributed by atoms with Crippen molar-refractivity contribution in [2.24, 2.45) is 0 Å². The molecule has 0 radical (unpaired) electrons. The summed E-state index contributed by atoms with van der Waals surface area (Å²) in [5.74, 6) is 1.16. The van der Waals surface area contributed by atoms with Gasteiger partial charge in [0.2, 0.25) is 0 Å². The second kappa shape index (κ2) is 11.9. The molecule has 0 aliphatic heterocycles. The molecule has 3 aromatic rings. The first-order valence-electron chi connectivity index (χ1n) is 11.0. The van der Waals surface area contributed by atoms with E-state index in [4.69, 9.17) is 9.97 Å². The lowest BCUT2D eigenvalue weighted by molar-refractivity contribution is 0.295. The third kappa shape index (κ3) is 6.83. The highest BCUT2D eigenvalue weighted by Gasteiger charge is 2.13. The van der Waals surface area contributed by atoms with E-state index in [9.17, 15) is 4.39 Å². The van der Waals surface area contributed by atoms with E-state index in [1.54, 1.807) is 12.1 Å². The van der Waals surface area contributed by atoms with Crippen molar-refractivity contribution in [3.8, 4) is 0 Å². The Labute approximate surface area is 206 Å². The van der Waals surface area contributed by atoms with Crippen molar-refractivity contribution in [2.75, 3.05) is 25.0 Å². The number of hydrogen-bond acceptors (Lipinski definition) is 4. The van der Waals surface area contributed by atoms with Crippen molar-refractivity contribution in [3.05, 3.63) is 62.5 Å². The van der Waals surface area contributed by atoms with Crippen LogP contribution in [0.25, 0.3) is 23.1 Å². The molecule has 7 heteroatoms. The Morgan fingerprint density at radius 3 is 2.47 bits per heavy atom. The molecule has 1 unspecified atom stereocenters. The van der Waals surface area contributed by atoms with Crippen LogP contribution in [0.5, 0.6) is 0 Å². The van der Waals surface area contributed by atoms with Gasteiger partial charge in [-0.3, -0.25) is 0 Å². The molecule has 1 N–H and O–H groups in total. The van der Waals surface area contributed by atoms with Gasteiger partial charge in [0.05, 0.1) is 5.52 Å². The van der Waals surface area contributed by atoms with Crippen molar-refractivity contribution in [3.63, 3.8) is 0 Å². The number of nitrogens with one attached hydrogen (secondary N) is 1. The van der Waals surface area contributed by atoms with Gasteiger partial charge >= 0.3 is 0 Å². The number of nitrogens with zero attached hydrogens (tertiary/aromatic N) is 3. The normalized spacial score (nSPS) is 12.7. The maximum absolute atomic E-state index is 13.2. The van der Waals surface area contributed by atoms with Gasteiger partial charge in [-0.15, -0.1) is 0 Å². The van der Waals surface area contributed by atoms with E-state index >= 15 is 0 Å². The zero-order chi connectivity index (χ0) is 23.1. The Kier molecular flexibility index (Phi) is 9.20. The Morgan fingerprint density at radius 2 is 1.78 bits per heavy atom. The summed E-state index contributed by atoms with van der Waals surface area (Å²) in [5, 5.41) is 4.56. The summed E-state index contributed by atoms with van der Waals surface area (Å²) in [6.07, 6.45) is 5.93. The number of aromatic nitrogens is 2. The van der Waals surface area contributed by atoms with Crippen LogP contribution in [0, 0.1) is 5.82 Å². The molecule has 32 heavy (non-hydrogen) atoms. The highest BCUT2D eigenvalue weighted by atomic mass is 79.9. The monoisotopic (exact) mass is 562 g/mol. The minimum Gasteiger partial charge on any atom is -0.367 e. The lowest BCUT2D eigenvalue weighted by Crippen LogP contribution is -2.25. The number of halogens is 3. The minimum absolute atomic E-state index is 0.250. The summed E-state index contributed by atoms with van der Waals surface area (Å²) >= 11 is 7.22. The number of anilines is 1.